The van der Waals surface area contributed by atoms with Gasteiger partial charge < -0.3 is 10.0 Å². The average Bonchev–Trinajstić information content (AvgIpc) is 3.29. The van der Waals surface area contributed by atoms with Gasteiger partial charge in [-0.2, -0.15) is 0 Å². The number of hydrogen-bond acceptors (Lipinski definition) is 5. The topological polar surface area (TPSA) is 82.6 Å². The molecule has 0 spiro atoms. The molecule has 26 heavy (non-hydrogen) atoms. The fourth-order valence-corrected chi connectivity index (χ4v) is 3.28. The number of aromatic nitrogens is 2. The minimum atomic E-state index is -1.12. The molecule has 7 nitrogen and oxygen atoms in total. The molecule has 1 aliphatic rings. The number of carbonyl (C=O) groups is 1. The number of carboxylic acid groups (broad SMARTS) is 1. The molecule has 132 valence electrons. The van der Waals surface area contributed by atoms with Crippen LogP contribution in [0.1, 0.15) is 29.0 Å². The van der Waals surface area contributed by atoms with Gasteiger partial charge in [0.2, 0.25) is 0 Å². The first-order valence-electron chi connectivity index (χ1n) is 8.61. The molecular weight excluding hydrogens is 330 g/mol. The summed E-state index contributed by atoms with van der Waals surface area (Å²) in [5.74, 6) is -0.888. The number of nitrogens with zero attached hydrogens (tertiary/aromatic N) is 5. The zero-order valence-electron chi connectivity index (χ0n) is 14.5. The molecule has 4 rings (SSSR count). The van der Waals surface area contributed by atoms with Crippen LogP contribution in [0.5, 0.6) is 0 Å². The third-order valence-corrected chi connectivity index (χ3v) is 4.60. The maximum absolute atomic E-state index is 11.5. The Hall–Kier alpha value is -3.22. The number of pyridine rings is 1. The summed E-state index contributed by atoms with van der Waals surface area (Å²) in [7, 11) is 0. The van der Waals surface area contributed by atoms with Crippen LogP contribution in [-0.4, -0.2) is 33.6 Å². The number of rotatable bonds is 4. The van der Waals surface area contributed by atoms with E-state index in [1.54, 1.807) is 10.5 Å². The van der Waals surface area contributed by atoms with E-state index in [0.29, 0.717) is 11.3 Å². The molecule has 1 aromatic carbocycles. The second-order valence-electron chi connectivity index (χ2n) is 6.36. The van der Waals surface area contributed by atoms with Gasteiger partial charge in [0, 0.05) is 24.5 Å². The molecule has 7 heteroatoms. The number of azo groups is 1. The summed E-state index contributed by atoms with van der Waals surface area (Å²) < 4.78 is 1.70. The summed E-state index contributed by atoms with van der Waals surface area (Å²) in [6.45, 7) is 4.05. The van der Waals surface area contributed by atoms with Gasteiger partial charge in [0.15, 0.2) is 11.5 Å². The van der Waals surface area contributed by atoms with E-state index in [2.05, 4.69) is 20.1 Å². The number of hydrogen-bond donors (Lipinski definition) is 1. The van der Waals surface area contributed by atoms with Gasteiger partial charge in [0.25, 0.3) is 0 Å². The van der Waals surface area contributed by atoms with Crippen molar-refractivity contribution < 1.29 is 9.90 Å². The summed E-state index contributed by atoms with van der Waals surface area (Å²) in [6.07, 6.45) is 2.46. The van der Waals surface area contributed by atoms with Crippen LogP contribution in [0.25, 0.3) is 5.65 Å². The molecule has 0 saturated carbocycles. The lowest BCUT2D eigenvalue weighted by Gasteiger charge is -2.17. The van der Waals surface area contributed by atoms with Gasteiger partial charge in [0.1, 0.15) is 5.65 Å². The summed E-state index contributed by atoms with van der Waals surface area (Å²) in [6, 6.07) is 13.3. The smallest absolute Gasteiger partial charge is 0.358 e. The largest absolute Gasteiger partial charge is 0.476 e. The Morgan fingerprint density at radius 3 is 2.50 bits per heavy atom. The van der Waals surface area contributed by atoms with E-state index >= 15 is 0 Å². The molecule has 1 fully saturated rings. The summed E-state index contributed by atoms with van der Waals surface area (Å²) in [4.78, 5) is 18.0. The summed E-state index contributed by atoms with van der Waals surface area (Å²) in [5.41, 5.74) is 3.14. The van der Waals surface area contributed by atoms with Gasteiger partial charge in [-0.3, -0.25) is 4.40 Å². The SMILES string of the molecule is Cc1cccc2nc(C(=O)O)c(N=Nc3ccc(N4CCCC4)cc3)n12. The van der Waals surface area contributed by atoms with Crippen LogP contribution in [0.3, 0.4) is 0 Å². The van der Waals surface area contributed by atoms with E-state index in [0.717, 1.165) is 18.8 Å². The highest BCUT2D eigenvalue weighted by Crippen LogP contribution is 2.27. The number of aryl methyl sites for hydroxylation is 1. The van der Waals surface area contributed by atoms with Gasteiger partial charge in [-0.15, -0.1) is 10.2 Å². The van der Waals surface area contributed by atoms with Crippen LogP contribution >= 0.6 is 0 Å². The first-order chi connectivity index (χ1) is 12.6. The molecule has 1 aliphatic heterocycles. The van der Waals surface area contributed by atoms with Gasteiger partial charge in [0.05, 0.1) is 5.69 Å². The van der Waals surface area contributed by atoms with E-state index in [-0.39, 0.29) is 11.5 Å². The van der Waals surface area contributed by atoms with Crippen molar-refractivity contribution >= 4 is 28.8 Å². The van der Waals surface area contributed by atoms with Crippen molar-refractivity contribution in [1.82, 2.24) is 9.38 Å². The second kappa shape index (κ2) is 6.59. The number of imidazole rings is 1. The zero-order chi connectivity index (χ0) is 18.1. The minimum absolute atomic E-state index is 0.100. The van der Waals surface area contributed by atoms with Gasteiger partial charge in [-0.25, -0.2) is 9.78 Å². The molecule has 0 bridgehead atoms. The van der Waals surface area contributed by atoms with Crippen molar-refractivity contribution in [3.05, 3.63) is 53.9 Å². The van der Waals surface area contributed by atoms with Gasteiger partial charge >= 0.3 is 5.97 Å². The first-order valence-corrected chi connectivity index (χ1v) is 8.61. The van der Waals surface area contributed by atoms with E-state index in [1.165, 1.54) is 18.5 Å². The predicted molar refractivity (Wildman–Crippen MR) is 99.0 cm³/mol. The Morgan fingerprint density at radius 2 is 1.81 bits per heavy atom. The minimum Gasteiger partial charge on any atom is -0.476 e. The number of aromatic carboxylic acids is 1. The Bertz CT molecular complexity index is 985. The van der Waals surface area contributed by atoms with Crippen LogP contribution < -0.4 is 4.90 Å². The Labute approximate surface area is 150 Å². The molecule has 0 radical (unpaired) electrons. The molecule has 0 unspecified atom stereocenters. The van der Waals surface area contributed by atoms with Crippen molar-refractivity contribution in [1.29, 1.82) is 0 Å². The molecule has 0 aliphatic carbocycles. The summed E-state index contributed by atoms with van der Waals surface area (Å²) >= 11 is 0. The van der Waals surface area contributed by atoms with Crippen molar-refractivity contribution in [2.24, 2.45) is 10.2 Å². The van der Waals surface area contributed by atoms with Crippen molar-refractivity contribution in [3.8, 4) is 0 Å². The number of benzene rings is 1. The Balaban J connectivity index is 1.68. The third-order valence-electron chi connectivity index (χ3n) is 4.60. The summed E-state index contributed by atoms with van der Waals surface area (Å²) in [5, 5.41) is 17.9. The molecule has 2 aromatic heterocycles. The molecule has 3 aromatic rings. The van der Waals surface area contributed by atoms with Crippen molar-refractivity contribution in [3.63, 3.8) is 0 Å². The fraction of sp³-hybridized carbons (Fsp3) is 0.263. The van der Waals surface area contributed by atoms with Crippen LogP contribution in [0.4, 0.5) is 17.2 Å². The van der Waals surface area contributed by atoms with Crippen LogP contribution in [0, 0.1) is 6.92 Å². The number of carboxylic acids is 1. The second-order valence-corrected chi connectivity index (χ2v) is 6.36. The van der Waals surface area contributed by atoms with Crippen LogP contribution in [0.15, 0.2) is 52.7 Å². The van der Waals surface area contributed by atoms with Crippen LogP contribution in [0.2, 0.25) is 0 Å². The van der Waals surface area contributed by atoms with Gasteiger partial charge in [-0.1, -0.05) is 6.07 Å². The highest BCUT2D eigenvalue weighted by molar-refractivity contribution is 5.91. The predicted octanol–water partition coefficient (Wildman–Crippen LogP) is 4.36. The maximum atomic E-state index is 11.5. The molecular formula is C19H19N5O2. The molecule has 1 N–H and O–H groups in total. The molecule has 1 saturated heterocycles. The Morgan fingerprint density at radius 1 is 1.08 bits per heavy atom. The van der Waals surface area contributed by atoms with Crippen molar-refractivity contribution in [2.75, 3.05) is 18.0 Å². The third kappa shape index (κ3) is 2.92. The van der Waals surface area contributed by atoms with Crippen LogP contribution in [-0.2, 0) is 0 Å². The lowest BCUT2D eigenvalue weighted by molar-refractivity contribution is 0.0692. The normalized spacial score (nSPS) is 14.6. The fourth-order valence-electron chi connectivity index (χ4n) is 3.28. The lowest BCUT2D eigenvalue weighted by Crippen LogP contribution is -2.17. The number of anilines is 1. The van der Waals surface area contributed by atoms with E-state index in [9.17, 15) is 9.90 Å². The van der Waals surface area contributed by atoms with Crippen molar-refractivity contribution in [2.45, 2.75) is 19.8 Å². The average molecular weight is 349 g/mol. The standard InChI is InChI=1S/C19H19N5O2/c1-13-5-4-6-16-20-17(19(25)26)18(24(13)16)22-21-14-7-9-15(10-8-14)23-11-2-3-12-23/h4-10H,2-3,11-12H2,1H3,(H,25,26). The zero-order valence-corrected chi connectivity index (χ0v) is 14.5. The molecule has 0 amide bonds. The quantitative estimate of drug-likeness (QED) is 0.710. The molecule has 0 atom stereocenters. The highest BCUT2D eigenvalue weighted by Gasteiger charge is 2.19. The van der Waals surface area contributed by atoms with E-state index in [4.69, 9.17) is 0 Å². The van der Waals surface area contributed by atoms with E-state index < -0.39 is 5.97 Å². The Kier molecular flexibility index (Phi) is 4.12. The first kappa shape index (κ1) is 16.3. The monoisotopic (exact) mass is 349 g/mol. The molecule has 3 heterocycles. The van der Waals surface area contributed by atoms with E-state index in [1.807, 2.05) is 43.3 Å². The lowest BCUT2D eigenvalue weighted by atomic mass is 10.2. The maximum Gasteiger partial charge on any atom is 0.358 e. The highest BCUT2D eigenvalue weighted by atomic mass is 16.4. The number of fused-ring (bicyclic) bond motifs is 1. The van der Waals surface area contributed by atoms with Gasteiger partial charge in [-0.05, 0) is 56.2 Å².